The molecule has 0 radical (unpaired) electrons. The van der Waals surface area contributed by atoms with Gasteiger partial charge in [0, 0.05) is 49.5 Å². The SMILES string of the molecule is CCC(C)(COCCCCn1cc(COCCNC(=O)O[C@H]2CC[C@@]3(C)C(=CC[C@H]4[C@@H]5CC[C@H]([C@H](C)CCCC(C)C)[C@@]5(C)CC[C@@H]43)C2)nn1)CSSCCCOC(=O)CCC(C)=O.[PoH2].[Rf].[Rf].[Rf].[Rf].[Rf].[Rf].[Rf].[Rf].[Rf].[Rf].[Rf].[Rf].[Rf].[Rf].[Rf].[Rf].[Rf].[Rf].[Rf].[Rf].[Rf].[Rf].[Rf].[Rf].[Rf].[Rf].[Rf].[Rf].[Rf].[Rf].[Rf].[Rf].[Rf].[Rf].[Rf].[Rf].[Rf].[Rf].[Rf].[Rf].[Rf].[Rf].[Rf].[Rf].[Rf].[Rf].[Rf].[Rf].[Rf].[Rf].[Rf].[Rf].[Rf].[Rf].[Rf].[Rf].[Rf].[Rf].[Rf]. The van der Waals surface area contributed by atoms with E-state index in [1.54, 1.807) is 16.4 Å². The van der Waals surface area contributed by atoms with Crippen LogP contribution >= 0.6 is 21.6 Å². The van der Waals surface area contributed by atoms with Crippen molar-refractivity contribution < 1.29 is 33.3 Å². The zero-order chi connectivity index (χ0) is 46.2. The molecule has 4 aliphatic rings. The van der Waals surface area contributed by atoms with Gasteiger partial charge in [0.1, 0.15) is 17.6 Å². The van der Waals surface area contributed by atoms with E-state index in [1.807, 2.05) is 21.7 Å². The zero-order valence-corrected chi connectivity index (χ0v) is 466. The Bertz CT molecular complexity index is 1770. The van der Waals surface area contributed by atoms with Crippen molar-refractivity contribution in [3.05, 3.63) is 23.5 Å². The van der Waals surface area contributed by atoms with Gasteiger partial charge < -0.3 is 29.1 Å². The van der Waals surface area contributed by atoms with E-state index in [-0.39, 0.29) is 74.2 Å². The molecule has 9 atom stereocenters. The number of esters is 1. The van der Waals surface area contributed by atoms with Gasteiger partial charge in [-0.05, 0) is 124 Å². The Morgan fingerprint density at radius 2 is 0.935 bits per heavy atom. The van der Waals surface area contributed by atoms with E-state index in [0.717, 1.165) is 111 Å². The number of ether oxygens (including phenoxy) is 4. The van der Waals surface area contributed by atoms with Gasteiger partial charge in [0.2, 0.25) is 0 Å². The summed E-state index contributed by atoms with van der Waals surface area (Å²) < 4.78 is 25.0. The molecule has 0 bridgehead atoms. The molecule has 0 spiro atoms. The Morgan fingerprint density at radius 3 is 1.34 bits per heavy atom. The molecule has 1 unspecified atom stereocenters. The number of fused-ring (bicyclic) bond motifs is 5. The second-order valence-electron chi connectivity index (χ2n) is 21.3. The Hall–Kier alpha value is -60.2. The minimum atomic E-state index is -0.348. The molecule has 1 aromatic heterocycles. The minimum Gasteiger partial charge on any atom is 0 e. The van der Waals surface area contributed by atoms with E-state index in [1.165, 1.54) is 58.3 Å². The Morgan fingerprint density at radius 1 is 0.508 bits per heavy atom. The Balaban J connectivity index is -0.0000000143. The number of hydrogen-bond donors (Lipinski definition) is 1. The number of aryl methyl sites for hydroxylation is 1. The summed E-state index contributed by atoms with van der Waals surface area (Å²) in [6.45, 7) is 22.2. The molecular weight excluding hydrogens is 16800 g/mol. The second-order valence-corrected chi connectivity index (χ2v) is 23.9. The third kappa shape index (κ3) is 68.4. The first-order chi connectivity index (χ1) is 30.7. The number of carbonyl (C=O) groups is 3. The summed E-state index contributed by atoms with van der Waals surface area (Å²) in [5.41, 5.74) is 3.17. The molecule has 73 heteroatoms. The predicted octanol–water partition coefficient (Wildman–Crippen LogP) is 10.9. The summed E-state index contributed by atoms with van der Waals surface area (Å²) in [6, 6.07) is 0. The number of rotatable bonds is 29. The van der Waals surface area contributed by atoms with Gasteiger partial charge in [-0.15, -0.1) is 5.10 Å². The van der Waals surface area contributed by atoms with Gasteiger partial charge in [0.15, 0.2) is 0 Å². The Labute approximate surface area is 420 Å². The van der Waals surface area contributed by atoms with Crippen LogP contribution in [0.15, 0.2) is 17.8 Å². The van der Waals surface area contributed by atoms with Gasteiger partial charge in [-0.3, -0.25) is 9.48 Å². The van der Waals surface area contributed by atoms with Crippen molar-refractivity contribution in [2.45, 2.75) is 184 Å². The largest absolute Gasteiger partial charge is 0 e. The van der Waals surface area contributed by atoms with Crippen molar-refractivity contribution >= 4 is 66.0 Å². The monoisotopic (exact) mass is 16900 g/mol. The fraction of sp³-hybridized carbons (Fsp3) is 0.863. The van der Waals surface area contributed by atoms with E-state index >= 15 is 0 Å². The molecule has 4 aliphatic carbocycles. The number of nitrogens with one attached hydrogen (secondary N) is 1. The molecule has 1 amide bonds. The van der Waals surface area contributed by atoms with E-state index < -0.39 is 0 Å². The van der Waals surface area contributed by atoms with Crippen molar-refractivity contribution in [1.29, 1.82) is 0 Å². The van der Waals surface area contributed by atoms with Gasteiger partial charge in [-0.1, -0.05) is 106 Å². The molecule has 5 rings (SSSR count). The number of amides is 1. The van der Waals surface area contributed by atoms with Crippen LogP contribution in [0.4, 0.5) is 4.79 Å². The fourth-order valence-electron chi connectivity index (χ4n) is 11.8. The first kappa shape index (κ1) is 4130. The number of carbonyl (C=O) groups excluding carboxylic acids is 3. The van der Waals surface area contributed by atoms with Crippen LogP contribution < -0.4 is 5.32 Å². The van der Waals surface area contributed by atoms with Crippen LogP contribution in [0.1, 0.15) is 170 Å². The average molecular weight is 16900 g/mol. The number of ketones is 1. The number of hydrogen-bond acceptors (Lipinski definition) is 11. The van der Waals surface area contributed by atoms with Gasteiger partial charge in [-0.2, -0.15) is 0 Å². The third-order valence-corrected chi connectivity index (χ3v) is 18.7. The first-order valence-electron chi connectivity index (χ1n) is 25.2. The van der Waals surface area contributed by atoms with Crippen molar-refractivity contribution in [2.75, 3.05) is 44.5 Å². The number of unbranched alkanes of at least 4 members (excludes halogenated alkanes) is 1. The maximum atomic E-state index is 12.9. The zero-order valence-electron chi connectivity index (χ0n) is 83.3. The molecule has 0 saturated heterocycles. The number of Topliss-reactive ketones (excluding diaryl/α,β-unsaturated/α-hetero) is 1. The molecule has 1 aromatic rings. The second kappa shape index (κ2) is 210. The van der Waals surface area contributed by atoms with E-state index in [0.29, 0.717) is 38.4 Å². The molecule has 0 aliphatic heterocycles. The number of alkyl carbamates (subject to hydrolysis) is 1. The van der Waals surface area contributed by atoms with E-state index in [9.17, 15) is 14.4 Å². The van der Waals surface area contributed by atoms with Crippen molar-refractivity contribution in [2.24, 2.45) is 51.8 Å². The van der Waals surface area contributed by atoms with Crippen LogP contribution in [0.5, 0.6) is 0 Å². The number of aromatic nitrogens is 3. The Kier molecular flexibility index (Phi) is 6990. The van der Waals surface area contributed by atoms with Crippen LogP contribution in [0.3, 0.4) is 0 Å². The normalized spacial score (nSPS) is 14.3. The minimum absolute atomic E-state index is 0. The van der Waals surface area contributed by atoms with Gasteiger partial charge in [0.05, 0.1) is 39.0 Å². The summed E-state index contributed by atoms with van der Waals surface area (Å²) in [5, 5.41) is 11.4. The smallest absolute Gasteiger partial charge is 0 e. The standard InChI is InChI=1S/C51H86N4O7S2.Po.59Rf.2H/c1-9-49(6,36-64-63-31-13-29-61-47(57)21-16-39(5)56)35-60-28-11-10-27-55-33-41(53-54-55)34-59-30-26-52-48(58)62-42-22-24-50(7)40(32-42)17-18-43-45-20-19-44(38(4)15-12-14-37(2)3)51(45,8)25-23-46(43)50;;;;;;;;;;;;;;;;;;;;;;;;;;;;;;;;;;;;;;;;;;;;;;;;;;;;;;;;;;;;;;/h17,33,37-38,42-46H,9-16,18-32,34-36H2,1-8H3,(H,52,58);;;;;;;;;;;;;;;;;;;;;;;;;;;;;;;;;;;;;;;;;;;;;;;;;;;;;;;;;;;;;;/t38-,42+,43+,44-,45+,46+,49?,50+,51-;;;;;;;;;;;;;;;;;;;;;;;;;;;;;;;;;;;;;;;;;;;;;;;;;;;;;;;;;;;;;;/m1............................................................../s1. The van der Waals surface area contributed by atoms with Gasteiger partial charge >= 0.3 is 38.6 Å². The maximum absolute atomic E-state index is 12.9. The quantitative estimate of drug-likeness (QED) is 0.0356. The van der Waals surface area contributed by atoms with Crippen LogP contribution in [-0.2, 0) is 41.7 Å². The van der Waals surface area contributed by atoms with E-state index in [2.05, 4.69) is 70.2 Å². The van der Waals surface area contributed by atoms with Crippen molar-refractivity contribution in [1.82, 2.24) is 20.3 Å². The summed E-state index contributed by atoms with van der Waals surface area (Å²) in [7, 11) is 3.65. The van der Waals surface area contributed by atoms with Crippen LogP contribution in [0.25, 0.3) is 0 Å². The molecule has 490 valence electrons. The predicted molar refractivity (Wildman–Crippen MR) is 268 cm³/mol. The average Bonchev–Trinajstić information content (AvgIpc) is 1.69. The number of allylic oxidation sites excluding steroid dienone is 1. The number of nitrogens with zero attached hydrogens (tertiary/aromatic N) is 3. The van der Waals surface area contributed by atoms with Gasteiger partial charge in [0.25, 0.3) is 0 Å². The molecule has 1 heterocycles. The molecule has 124 heavy (non-hydrogen) atoms. The van der Waals surface area contributed by atoms with Crippen LogP contribution in [-0.4, -0.2) is 110 Å². The third-order valence-electron chi connectivity index (χ3n) is 15.9. The molecule has 0 aromatic carbocycles. The molecular formula is C51H88N4O7PoRf59S2. The van der Waals surface area contributed by atoms with E-state index in [4.69, 9.17) is 18.9 Å². The molecule has 3 saturated carbocycles. The fourth-order valence-corrected chi connectivity index (χ4v) is 14.6. The van der Waals surface area contributed by atoms with Crippen LogP contribution in [0.2, 0.25) is 0 Å². The van der Waals surface area contributed by atoms with Crippen molar-refractivity contribution in [3.63, 3.8) is 0 Å². The maximum Gasteiger partial charge on any atom is 0 e. The molecule has 11 nitrogen and oxygen atoms in total. The van der Waals surface area contributed by atoms with Crippen LogP contribution in [0, 0.1) is 51.8 Å². The topological polar surface area (TPSA) is 131 Å². The summed E-state index contributed by atoms with van der Waals surface area (Å²) >= 11 is 0. The molecule has 1 N–H and O–H groups in total. The van der Waals surface area contributed by atoms with Gasteiger partial charge in [-0.25, -0.2) is 4.79 Å². The van der Waals surface area contributed by atoms with Crippen molar-refractivity contribution in [3.8, 4) is 0 Å². The summed E-state index contributed by atoms with van der Waals surface area (Å²) in [5.74, 6) is 6.57. The summed E-state index contributed by atoms with van der Waals surface area (Å²) in [6.07, 6.45) is 22.1. The first-order valence-corrected chi connectivity index (χ1v) is 27.7. The summed E-state index contributed by atoms with van der Waals surface area (Å²) in [4.78, 5) is 35.5. The molecule has 3 fully saturated rings.